The van der Waals surface area contributed by atoms with Crippen LogP contribution in [-0.4, -0.2) is 6.71 Å². The predicted octanol–water partition coefficient (Wildman–Crippen LogP) is 13.9. The summed E-state index contributed by atoms with van der Waals surface area (Å²) in [6.45, 7) is 36.1. The van der Waals surface area contributed by atoms with Crippen LogP contribution in [0, 0.1) is 6.85 Å². The van der Waals surface area contributed by atoms with Crippen LogP contribution < -0.4 is 26.2 Å². The van der Waals surface area contributed by atoms with Crippen LogP contribution in [0.15, 0.2) is 72.8 Å². The number of aryl methyl sites for hydroxylation is 1. The molecule has 0 radical (unpaired) electrons. The Kier molecular flexibility index (Phi) is 7.02. The Morgan fingerprint density at radius 2 is 0.677 bits per heavy atom. The molecule has 0 bridgehead atoms. The smallest absolute Gasteiger partial charge is 0.252 e. The summed E-state index contributed by atoms with van der Waals surface area (Å²) >= 11 is 0. The second kappa shape index (κ2) is 11.7. The van der Waals surface area contributed by atoms with Gasteiger partial charge in [-0.2, -0.15) is 0 Å². The lowest BCUT2D eigenvalue weighted by atomic mass is 9.33. The van der Waals surface area contributed by atoms with Gasteiger partial charge in [0, 0.05) is 38.2 Å². The number of anilines is 6. The van der Waals surface area contributed by atoms with E-state index >= 15 is 0 Å². The number of rotatable bonds is 2. The molecule has 62 heavy (non-hydrogen) atoms. The van der Waals surface area contributed by atoms with Crippen LogP contribution in [0.2, 0.25) is 0 Å². The lowest BCUT2D eigenvalue weighted by molar-refractivity contribution is 0.402. The molecule has 0 unspecified atom stereocenters. The Hall–Kier alpha value is -4.24. The summed E-state index contributed by atoms with van der Waals surface area (Å²) in [5.74, 6) is 0. The van der Waals surface area contributed by atoms with E-state index in [9.17, 15) is 0 Å². The van der Waals surface area contributed by atoms with Gasteiger partial charge in [0.2, 0.25) is 0 Å². The van der Waals surface area contributed by atoms with E-state index in [1.807, 2.05) is 12.1 Å². The van der Waals surface area contributed by atoms with Crippen molar-refractivity contribution in [2.45, 2.75) is 187 Å². The average Bonchev–Trinajstić information content (AvgIpc) is 3.65. The fraction of sp³-hybridized carbons (Fsp3) is 0.492. The van der Waals surface area contributed by atoms with Gasteiger partial charge in [0.15, 0.2) is 0 Å². The van der Waals surface area contributed by atoms with Gasteiger partial charge in [-0.05, 0) is 191 Å². The topological polar surface area (TPSA) is 6.48 Å². The molecule has 0 saturated heterocycles. The largest absolute Gasteiger partial charge is 0.311 e. The normalized spacial score (nSPS) is 24.2. The van der Waals surface area contributed by atoms with E-state index in [-0.39, 0.29) is 50.0 Å². The summed E-state index contributed by atoms with van der Waals surface area (Å²) in [5.41, 5.74) is 22.1. The Morgan fingerprint density at radius 1 is 0.371 bits per heavy atom. The Labute approximate surface area is 379 Å². The third-order valence-electron chi connectivity index (χ3n) is 17.2. The first-order valence-corrected chi connectivity index (χ1v) is 23.7. The van der Waals surface area contributed by atoms with Crippen molar-refractivity contribution in [3.63, 3.8) is 0 Å². The van der Waals surface area contributed by atoms with Crippen molar-refractivity contribution < 1.29 is 4.11 Å². The second-order valence-electron chi connectivity index (χ2n) is 26.2. The molecule has 0 atom stereocenters. The third-order valence-corrected chi connectivity index (χ3v) is 17.2. The minimum atomic E-state index is -2.33. The Balaban J connectivity index is 1.29. The highest BCUT2D eigenvalue weighted by molar-refractivity contribution is 7.00. The summed E-state index contributed by atoms with van der Waals surface area (Å²) in [6, 6.07) is 28.7. The number of nitrogens with zero attached hydrogens (tertiary/aromatic N) is 2. The van der Waals surface area contributed by atoms with Gasteiger partial charge in [-0.1, -0.05) is 135 Å². The van der Waals surface area contributed by atoms with Crippen molar-refractivity contribution in [2.24, 2.45) is 0 Å². The molecule has 2 heterocycles. The first-order valence-electron chi connectivity index (χ1n) is 25.2. The molecule has 0 aromatic heterocycles. The van der Waals surface area contributed by atoms with Gasteiger partial charge in [-0.25, -0.2) is 0 Å². The molecule has 11 rings (SSSR count). The SMILES string of the molecule is [2H]C([2H])([2H])c1cc2c3c(c1)N(c1ccc4c(c1)C(C)(C)CC4(C)C)c1cc4c(cc1B3c1cc3c(cc1N2c1ccc2c(c1)C(C)(C)CC2(C)C)C(C)(C)CC3(C)C)C(C)(C)CC4(C)C. The molecule has 0 N–H and O–H groups in total. The standard InChI is InChI=1S/C59H71BN2/c1-34-22-49-51-50(23-34)62(36-19-21-38-40(25-36)55(8,9)31-53(38,4)5)48-29-44-42(57(12,13)33-59(44,16)17)27-46(48)60(51)45-26-41-43(58(14,15)32-56(41,10)11)28-47(45)61(49)35-18-20-37-39(24-35)54(6,7)30-52(37,2)3/h18-29H,30-33H2,1-17H3/i1D3. The van der Waals surface area contributed by atoms with Crippen LogP contribution in [0.4, 0.5) is 34.1 Å². The van der Waals surface area contributed by atoms with Crippen molar-refractivity contribution in [1.82, 2.24) is 0 Å². The quantitative estimate of drug-likeness (QED) is 0.160. The first kappa shape index (κ1) is 37.2. The average molecular weight is 822 g/mol. The van der Waals surface area contributed by atoms with Crippen molar-refractivity contribution in [2.75, 3.05) is 9.80 Å². The number of benzene rings is 5. The van der Waals surface area contributed by atoms with Crippen LogP contribution in [-0.2, 0) is 43.3 Å². The van der Waals surface area contributed by atoms with Gasteiger partial charge in [0.05, 0.1) is 0 Å². The lowest BCUT2D eigenvalue weighted by Gasteiger charge is -2.45. The van der Waals surface area contributed by atoms with Gasteiger partial charge in [0.25, 0.3) is 6.71 Å². The molecule has 0 amide bonds. The van der Waals surface area contributed by atoms with E-state index in [0.717, 1.165) is 48.4 Å². The van der Waals surface area contributed by atoms with Crippen molar-refractivity contribution in [3.8, 4) is 0 Å². The Bertz CT molecular complexity index is 2770. The second-order valence-corrected chi connectivity index (χ2v) is 26.2. The molecule has 2 nitrogen and oxygen atoms in total. The van der Waals surface area contributed by atoms with Gasteiger partial charge >= 0.3 is 0 Å². The molecule has 5 aromatic carbocycles. The van der Waals surface area contributed by atoms with Gasteiger partial charge in [0.1, 0.15) is 0 Å². The van der Waals surface area contributed by atoms with Crippen LogP contribution >= 0.6 is 0 Å². The summed E-state index contributed by atoms with van der Waals surface area (Å²) in [7, 11) is 0. The number of fused-ring (bicyclic) bond motifs is 8. The molecule has 0 spiro atoms. The zero-order valence-corrected chi connectivity index (χ0v) is 40.7. The molecule has 2 aliphatic heterocycles. The van der Waals surface area contributed by atoms with Crippen LogP contribution in [0.25, 0.3) is 0 Å². The fourth-order valence-electron chi connectivity index (χ4n) is 15.7. The summed E-state index contributed by atoms with van der Waals surface area (Å²) < 4.78 is 27.4. The first-order chi connectivity index (χ1) is 29.8. The van der Waals surface area contributed by atoms with E-state index in [1.165, 1.54) is 72.3 Å². The lowest BCUT2D eigenvalue weighted by Crippen LogP contribution is -2.62. The summed E-state index contributed by atoms with van der Waals surface area (Å²) in [6.07, 6.45) is 4.30. The maximum Gasteiger partial charge on any atom is 0.252 e. The van der Waals surface area contributed by atoms with Crippen molar-refractivity contribution >= 4 is 57.2 Å². The molecule has 320 valence electrons. The van der Waals surface area contributed by atoms with E-state index in [1.54, 1.807) is 0 Å². The summed E-state index contributed by atoms with van der Waals surface area (Å²) in [5, 5.41) is 0. The third kappa shape index (κ3) is 5.29. The minimum Gasteiger partial charge on any atom is -0.311 e. The minimum absolute atomic E-state index is 0.00538. The van der Waals surface area contributed by atoms with Gasteiger partial charge in [-0.3, -0.25) is 0 Å². The van der Waals surface area contributed by atoms with E-state index < -0.39 is 6.85 Å². The maximum atomic E-state index is 9.14. The molecule has 0 fully saturated rings. The molecular weight excluding hydrogens is 747 g/mol. The monoisotopic (exact) mass is 822 g/mol. The van der Waals surface area contributed by atoms with Crippen molar-refractivity contribution in [1.29, 1.82) is 0 Å². The highest BCUT2D eigenvalue weighted by Crippen LogP contribution is 2.57. The molecule has 6 aliphatic rings. The van der Waals surface area contributed by atoms with Gasteiger partial charge in [-0.15, -0.1) is 0 Å². The van der Waals surface area contributed by atoms with Crippen molar-refractivity contribution in [3.05, 3.63) is 123 Å². The van der Waals surface area contributed by atoms with Crippen LogP contribution in [0.1, 0.15) is 191 Å². The highest BCUT2D eigenvalue weighted by atomic mass is 15.2. The Morgan fingerprint density at radius 3 is 1.02 bits per heavy atom. The van der Waals surface area contributed by atoms with E-state index in [4.69, 9.17) is 4.11 Å². The molecular formula is C59H71BN2. The zero-order valence-electron chi connectivity index (χ0n) is 43.7. The molecule has 0 saturated carbocycles. The molecule has 5 aromatic rings. The molecule has 4 aliphatic carbocycles. The zero-order chi connectivity index (χ0) is 46.9. The van der Waals surface area contributed by atoms with Crippen LogP contribution in [0.3, 0.4) is 0 Å². The fourth-order valence-corrected chi connectivity index (χ4v) is 15.7. The maximum absolute atomic E-state index is 9.14. The summed E-state index contributed by atoms with van der Waals surface area (Å²) in [4.78, 5) is 4.97. The van der Waals surface area contributed by atoms with E-state index in [0.29, 0.717) is 5.56 Å². The number of hydrogen-bond donors (Lipinski definition) is 0. The number of hydrogen-bond acceptors (Lipinski definition) is 2. The van der Waals surface area contributed by atoms with Crippen LogP contribution in [0.5, 0.6) is 0 Å². The predicted molar refractivity (Wildman–Crippen MR) is 268 cm³/mol. The molecule has 3 heteroatoms. The highest BCUT2D eigenvalue weighted by Gasteiger charge is 2.51. The van der Waals surface area contributed by atoms with Gasteiger partial charge < -0.3 is 9.80 Å². The van der Waals surface area contributed by atoms with E-state index in [2.05, 4.69) is 181 Å².